The van der Waals surface area contributed by atoms with E-state index in [0.29, 0.717) is 5.56 Å². The second-order valence-corrected chi connectivity index (χ2v) is 3.75. The highest BCUT2D eigenvalue weighted by atomic mass is 19.4. The lowest BCUT2D eigenvalue weighted by Gasteiger charge is -2.09. The third-order valence-electron chi connectivity index (χ3n) is 2.37. The van der Waals surface area contributed by atoms with Gasteiger partial charge < -0.3 is 10.4 Å². The Labute approximate surface area is 106 Å². The maximum absolute atomic E-state index is 12.4. The third-order valence-corrected chi connectivity index (χ3v) is 2.37. The minimum atomic E-state index is -4.51. The van der Waals surface area contributed by atoms with Gasteiger partial charge in [0.2, 0.25) is 5.95 Å². The smallest absolute Gasteiger partial charge is 0.433 e. The van der Waals surface area contributed by atoms with Gasteiger partial charge in [0.15, 0.2) is 0 Å². The van der Waals surface area contributed by atoms with Gasteiger partial charge in [-0.2, -0.15) is 13.2 Å². The molecule has 1 heterocycles. The molecule has 1 aromatic heterocycles. The van der Waals surface area contributed by atoms with Crippen molar-refractivity contribution in [2.75, 3.05) is 5.32 Å². The molecular weight excluding hydrogens is 259 g/mol. The fourth-order valence-corrected chi connectivity index (χ4v) is 1.44. The van der Waals surface area contributed by atoms with Crippen LogP contribution < -0.4 is 5.32 Å². The van der Waals surface area contributed by atoms with Crippen LogP contribution in [0.3, 0.4) is 0 Å². The molecule has 2 rings (SSSR count). The molecule has 0 fully saturated rings. The predicted octanol–water partition coefficient (Wildman–Crippen LogP) is 2.81. The van der Waals surface area contributed by atoms with Crippen molar-refractivity contribution < 1.29 is 18.3 Å². The van der Waals surface area contributed by atoms with Gasteiger partial charge in [-0.15, -0.1) is 0 Å². The fourth-order valence-electron chi connectivity index (χ4n) is 1.44. The van der Waals surface area contributed by atoms with Crippen LogP contribution in [0.1, 0.15) is 11.3 Å². The maximum Gasteiger partial charge on any atom is 0.433 e. The summed E-state index contributed by atoms with van der Waals surface area (Å²) in [4.78, 5) is 7.05. The number of hydrogen-bond acceptors (Lipinski definition) is 4. The summed E-state index contributed by atoms with van der Waals surface area (Å²) in [6.07, 6.45) is -3.47. The minimum Gasteiger partial charge on any atom is -0.508 e. The molecule has 0 saturated heterocycles. The maximum atomic E-state index is 12.4. The second-order valence-electron chi connectivity index (χ2n) is 3.75. The Morgan fingerprint density at radius 1 is 1.16 bits per heavy atom. The van der Waals surface area contributed by atoms with Gasteiger partial charge in [0.05, 0.1) is 0 Å². The van der Waals surface area contributed by atoms with Crippen LogP contribution >= 0.6 is 0 Å². The largest absolute Gasteiger partial charge is 0.508 e. The summed E-state index contributed by atoms with van der Waals surface area (Å²) >= 11 is 0. The summed E-state index contributed by atoms with van der Waals surface area (Å²) in [7, 11) is 0. The van der Waals surface area contributed by atoms with E-state index in [1.165, 1.54) is 6.07 Å². The Morgan fingerprint density at radius 2 is 1.89 bits per heavy atom. The van der Waals surface area contributed by atoms with Gasteiger partial charge in [0, 0.05) is 18.3 Å². The molecule has 100 valence electrons. The molecule has 0 saturated carbocycles. The molecular formula is C12H10F3N3O. The Kier molecular flexibility index (Phi) is 3.55. The minimum absolute atomic E-state index is 0.0574. The molecule has 0 spiro atoms. The molecule has 0 aliphatic rings. The number of nitrogens with zero attached hydrogens (tertiary/aromatic N) is 2. The Hall–Kier alpha value is -2.31. The van der Waals surface area contributed by atoms with Gasteiger partial charge in [0.1, 0.15) is 11.4 Å². The normalized spacial score (nSPS) is 11.3. The number of nitrogens with one attached hydrogen (secondary N) is 1. The van der Waals surface area contributed by atoms with Crippen LogP contribution in [0.25, 0.3) is 0 Å². The molecule has 0 aliphatic carbocycles. The monoisotopic (exact) mass is 269 g/mol. The first kappa shape index (κ1) is 13.1. The number of aromatic nitrogens is 2. The number of para-hydroxylation sites is 1. The molecule has 1 aromatic carbocycles. The van der Waals surface area contributed by atoms with E-state index in [-0.39, 0.29) is 18.2 Å². The van der Waals surface area contributed by atoms with E-state index < -0.39 is 11.9 Å². The van der Waals surface area contributed by atoms with Crippen LogP contribution in [-0.4, -0.2) is 15.1 Å². The van der Waals surface area contributed by atoms with Crippen molar-refractivity contribution >= 4 is 5.95 Å². The molecule has 2 N–H and O–H groups in total. The van der Waals surface area contributed by atoms with E-state index in [9.17, 15) is 18.3 Å². The second kappa shape index (κ2) is 5.13. The lowest BCUT2D eigenvalue weighted by Crippen LogP contribution is -2.11. The van der Waals surface area contributed by atoms with Crippen molar-refractivity contribution in [2.45, 2.75) is 12.7 Å². The number of hydrogen-bond donors (Lipinski definition) is 2. The highest BCUT2D eigenvalue weighted by Crippen LogP contribution is 2.27. The molecule has 0 unspecified atom stereocenters. The SMILES string of the molecule is Oc1ccccc1CNc1nccc(C(F)(F)F)n1. The number of benzene rings is 1. The number of alkyl halides is 3. The van der Waals surface area contributed by atoms with Crippen molar-refractivity contribution in [3.05, 3.63) is 47.8 Å². The van der Waals surface area contributed by atoms with Crippen LogP contribution in [0.4, 0.5) is 19.1 Å². The van der Waals surface area contributed by atoms with Crippen LogP contribution in [-0.2, 0) is 12.7 Å². The number of phenols is 1. The van der Waals surface area contributed by atoms with Crippen molar-refractivity contribution in [2.24, 2.45) is 0 Å². The van der Waals surface area contributed by atoms with E-state index in [0.717, 1.165) is 12.3 Å². The first-order chi connectivity index (χ1) is 8.97. The summed E-state index contributed by atoms with van der Waals surface area (Å²) in [6.45, 7) is 0.133. The number of aromatic hydroxyl groups is 1. The zero-order valence-electron chi connectivity index (χ0n) is 9.65. The van der Waals surface area contributed by atoms with E-state index in [4.69, 9.17) is 0 Å². The standard InChI is InChI=1S/C12H10F3N3O/c13-12(14,15)10-5-6-16-11(18-10)17-7-8-3-1-2-4-9(8)19/h1-6,19H,7H2,(H,16,17,18). The average molecular weight is 269 g/mol. The number of halogens is 3. The molecule has 7 heteroatoms. The van der Waals surface area contributed by atoms with E-state index in [1.807, 2.05) is 0 Å². The molecule has 2 aromatic rings. The predicted molar refractivity (Wildman–Crippen MR) is 62.5 cm³/mol. The van der Waals surface area contributed by atoms with Crippen molar-refractivity contribution in [3.8, 4) is 5.75 Å². The quantitative estimate of drug-likeness (QED) is 0.899. The number of anilines is 1. The molecule has 0 atom stereocenters. The van der Waals surface area contributed by atoms with E-state index >= 15 is 0 Å². The van der Waals surface area contributed by atoms with E-state index in [1.54, 1.807) is 18.2 Å². The fraction of sp³-hybridized carbons (Fsp3) is 0.167. The van der Waals surface area contributed by atoms with Gasteiger partial charge in [-0.05, 0) is 12.1 Å². The van der Waals surface area contributed by atoms with Crippen molar-refractivity contribution in [1.82, 2.24) is 9.97 Å². The van der Waals surface area contributed by atoms with Gasteiger partial charge in [-0.3, -0.25) is 0 Å². The molecule has 0 radical (unpaired) electrons. The summed E-state index contributed by atoms with van der Waals surface area (Å²) in [5.74, 6) is -0.0833. The Balaban J connectivity index is 2.10. The summed E-state index contributed by atoms with van der Waals surface area (Å²) < 4.78 is 37.3. The van der Waals surface area contributed by atoms with Gasteiger partial charge in [-0.25, -0.2) is 9.97 Å². The first-order valence-corrected chi connectivity index (χ1v) is 5.38. The molecule has 4 nitrogen and oxygen atoms in total. The van der Waals surface area contributed by atoms with E-state index in [2.05, 4.69) is 15.3 Å². The summed E-state index contributed by atoms with van der Waals surface area (Å²) in [5.41, 5.74) is -0.467. The lowest BCUT2D eigenvalue weighted by atomic mass is 10.2. The highest BCUT2D eigenvalue weighted by Gasteiger charge is 2.32. The van der Waals surface area contributed by atoms with Gasteiger partial charge >= 0.3 is 6.18 Å². The Morgan fingerprint density at radius 3 is 2.58 bits per heavy atom. The van der Waals surface area contributed by atoms with Crippen LogP contribution in [0, 0.1) is 0 Å². The zero-order chi connectivity index (χ0) is 13.9. The topological polar surface area (TPSA) is 58.0 Å². The number of rotatable bonds is 3. The first-order valence-electron chi connectivity index (χ1n) is 5.38. The summed E-state index contributed by atoms with van der Waals surface area (Å²) in [6, 6.07) is 7.30. The Bertz CT molecular complexity index is 572. The molecule has 0 amide bonds. The van der Waals surface area contributed by atoms with Crippen LogP contribution in [0.2, 0.25) is 0 Å². The molecule has 0 aliphatic heterocycles. The van der Waals surface area contributed by atoms with Gasteiger partial charge in [0.25, 0.3) is 0 Å². The van der Waals surface area contributed by atoms with Gasteiger partial charge in [-0.1, -0.05) is 18.2 Å². The highest BCUT2D eigenvalue weighted by molar-refractivity contribution is 5.36. The summed E-state index contributed by atoms with van der Waals surface area (Å²) in [5, 5.41) is 12.1. The van der Waals surface area contributed by atoms with Crippen LogP contribution in [0.5, 0.6) is 5.75 Å². The zero-order valence-corrected chi connectivity index (χ0v) is 9.65. The van der Waals surface area contributed by atoms with Crippen molar-refractivity contribution in [1.29, 1.82) is 0 Å². The van der Waals surface area contributed by atoms with Crippen molar-refractivity contribution in [3.63, 3.8) is 0 Å². The van der Waals surface area contributed by atoms with Crippen LogP contribution in [0.15, 0.2) is 36.5 Å². The molecule has 19 heavy (non-hydrogen) atoms. The number of phenolic OH excluding ortho intramolecular Hbond substituents is 1. The third kappa shape index (κ3) is 3.34. The molecule has 0 bridgehead atoms. The lowest BCUT2D eigenvalue weighted by molar-refractivity contribution is -0.141. The average Bonchev–Trinajstić information content (AvgIpc) is 2.37.